The Kier molecular flexibility index (Phi) is 6.43. The third-order valence-electron chi connectivity index (χ3n) is 3.75. The van der Waals surface area contributed by atoms with Crippen LogP contribution in [0, 0.1) is 41.5 Å². The number of hydrogen-bond donors (Lipinski definition) is 0. The van der Waals surface area contributed by atoms with Gasteiger partial charge in [0, 0.05) is 0 Å². The average Bonchev–Trinajstić information content (AvgIpc) is 2.44. The van der Waals surface area contributed by atoms with E-state index >= 15 is 0 Å². The van der Waals surface area contributed by atoms with Crippen molar-refractivity contribution in [2.45, 2.75) is 41.5 Å². The number of aryl methyl sites for hydroxylation is 6. The minimum atomic E-state index is -2.13. The Labute approximate surface area is 158 Å². The molecule has 0 aliphatic rings. The van der Waals surface area contributed by atoms with E-state index in [1.165, 1.54) is 33.4 Å². The number of benzene rings is 2. The Bertz CT molecular complexity index is 607. The van der Waals surface area contributed by atoms with Crippen LogP contribution in [0.15, 0.2) is 24.3 Å². The molecule has 2 nitrogen and oxygen atoms in total. The molecule has 2 aromatic carbocycles. The van der Waals surface area contributed by atoms with Gasteiger partial charge in [0.2, 0.25) is 0 Å². The van der Waals surface area contributed by atoms with Gasteiger partial charge in [-0.1, -0.05) is 0 Å². The Balaban J connectivity index is 2.26. The van der Waals surface area contributed by atoms with Crippen LogP contribution in [0.5, 0.6) is 11.5 Å². The molecule has 0 aliphatic carbocycles. The van der Waals surface area contributed by atoms with Gasteiger partial charge in [-0.15, -0.1) is 0 Å². The zero-order valence-corrected chi connectivity index (χ0v) is 19.0. The predicted molar refractivity (Wildman–Crippen MR) is 107 cm³/mol. The van der Waals surface area contributed by atoms with Gasteiger partial charge < -0.3 is 0 Å². The normalized spacial score (nSPS) is 11.0. The Hall–Kier alpha value is -0.687. The van der Waals surface area contributed by atoms with Crippen molar-refractivity contribution in [1.82, 2.24) is 0 Å². The fraction of sp³-hybridized carbons (Fsp3) is 0.368. The fourth-order valence-electron chi connectivity index (χ4n) is 2.96. The van der Waals surface area contributed by atoms with E-state index in [1.807, 2.05) is 0 Å². The first kappa shape index (κ1) is 18.6. The molecule has 23 heavy (non-hydrogen) atoms. The molecule has 2 aromatic rings. The van der Waals surface area contributed by atoms with E-state index in [0.29, 0.717) is 0 Å². The second-order valence-electron chi connectivity index (χ2n) is 6.17. The van der Waals surface area contributed by atoms with E-state index in [4.69, 9.17) is 7.53 Å². The number of rotatable bonds is 5. The first-order valence-electron chi connectivity index (χ1n) is 7.75. The molecule has 0 heterocycles. The van der Waals surface area contributed by atoms with Crippen molar-refractivity contribution in [3.8, 4) is 11.5 Å². The van der Waals surface area contributed by atoms with Crippen LogP contribution >= 0.6 is 22.6 Å². The van der Waals surface area contributed by atoms with E-state index in [9.17, 15) is 0 Å². The number of halogens is 1. The Morgan fingerprint density at radius 3 is 1.26 bits per heavy atom. The zero-order chi connectivity index (χ0) is 17.1. The third kappa shape index (κ3) is 4.66. The van der Waals surface area contributed by atoms with Crippen LogP contribution in [-0.4, -0.2) is 18.3 Å². The average molecular weight is 484 g/mol. The molecule has 0 bridgehead atoms. The monoisotopic (exact) mass is 485 g/mol. The molecule has 1 radical (unpaired) electrons. The zero-order valence-electron chi connectivity index (χ0n) is 14.7. The summed E-state index contributed by atoms with van der Waals surface area (Å²) in [6.45, 7) is 12.7. The van der Waals surface area contributed by atoms with Crippen LogP contribution in [0.1, 0.15) is 33.4 Å². The molecule has 0 aromatic heterocycles. The van der Waals surface area contributed by atoms with E-state index in [1.54, 1.807) is 0 Å². The summed E-state index contributed by atoms with van der Waals surface area (Å²) < 4.78 is 13.7. The standard InChI is InChI=1S/C19H24GeIO2/c1-12-7-14(3)18(15(4)8-12)22-20(11-21)23-19-16(5)9-13(2)10-17(19)6/h7-10H,11H2,1-6H3. The second-order valence-corrected chi connectivity index (χ2v) is 13.1. The van der Waals surface area contributed by atoms with Crippen LogP contribution in [-0.2, 0) is 0 Å². The van der Waals surface area contributed by atoms with Crippen molar-refractivity contribution in [3.63, 3.8) is 0 Å². The van der Waals surface area contributed by atoms with Crippen LogP contribution in [0.4, 0.5) is 0 Å². The topological polar surface area (TPSA) is 18.5 Å². The van der Waals surface area contributed by atoms with Gasteiger partial charge in [0.05, 0.1) is 0 Å². The molecule has 0 amide bonds. The molecular formula is C19H24GeIO2. The molecular weight excluding hydrogens is 460 g/mol. The summed E-state index contributed by atoms with van der Waals surface area (Å²) in [7, 11) is 0. The van der Waals surface area contributed by atoms with Crippen LogP contribution in [0.3, 0.4) is 0 Å². The van der Waals surface area contributed by atoms with Gasteiger partial charge in [0.1, 0.15) is 0 Å². The molecule has 0 aliphatic heterocycles. The van der Waals surface area contributed by atoms with Crippen LogP contribution in [0.25, 0.3) is 0 Å². The predicted octanol–water partition coefficient (Wildman–Crippen LogP) is 5.46. The van der Waals surface area contributed by atoms with Crippen molar-refractivity contribution in [3.05, 3.63) is 57.6 Å². The molecule has 2 rings (SSSR count). The fourth-order valence-corrected chi connectivity index (χ4v) is 7.20. The summed E-state index contributed by atoms with van der Waals surface area (Å²) in [5.41, 5.74) is 7.32. The molecule has 0 unspecified atom stereocenters. The van der Waals surface area contributed by atoms with Crippen molar-refractivity contribution in [2.24, 2.45) is 0 Å². The maximum atomic E-state index is 6.36. The summed E-state index contributed by atoms with van der Waals surface area (Å²) in [6, 6.07) is 8.70. The van der Waals surface area contributed by atoms with Gasteiger partial charge in [0.15, 0.2) is 0 Å². The van der Waals surface area contributed by atoms with Gasteiger partial charge in [-0.05, 0) is 0 Å². The van der Waals surface area contributed by atoms with Gasteiger partial charge >= 0.3 is 159 Å². The van der Waals surface area contributed by atoms with Gasteiger partial charge in [-0.2, -0.15) is 0 Å². The first-order chi connectivity index (χ1) is 10.8. The van der Waals surface area contributed by atoms with Gasteiger partial charge in [-0.25, -0.2) is 0 Å². The first-order valence-corrected chi connectivity index (χ1v) is 12.5. The molecule has 123 valence electrons. The Morgan fingerprint density at radius 1 is 0.696 bits per heavy atom. The molecule has 4 heteroatoms. The number of hydrogen-bond acceptors (Lipinski definition) is 2. The van der Waals surface area contributed by atoms with E-state index in [2.05, 4.69) is 88.4 Å². The van der Waals surface area contributed by atoms with E-state index in [0.717, 1.165) is 14.8 Å². The summed E-state index contributed by atoms with van der Waals surface area (Å²) in [6.07, 6.45) is 0. The van der Waals surface area contributed by atoms with E-state index in [-0.39, 0.29) is 0 Å². The summed E-state index contributed by atoms with van der Waals surface area (Å²) >= 11 is 0.259. The summed E-state index contributed by atoms with van der Waals surface area (Å²) in [5, 5.41) is 0. The third-order valence-corrected chi connectivity index (χ3v) is 9.26. The van der Waals surface area contributed by atoms with E-state index < -0.39 is 15.0 Å². The second kappa shape index (κ2) is 7.92. The van der Waals surface area contributed by atoms with Crippen molar-refractivity contribution in [1.29, 1.82) is 0 Å². The molecule has 0 spiro atoms. The van der Waals surface area contributed by atoms with Crippen molar-refractivity contribution in [2.75, 3.05) is 3.26 Å². The molecule has 0 atom stereocenters. The number of alkyl halides is 1. The van der Waals surface area contributed by atoms with Crippen LogP contribution in [0.2, 0.25) is 0 Å². The Morgan fingerprint density at radius 2 is 1.00 bits per heavy atom. The van der Waals surface area contributed by atoms with Gasteiger partial charge in [-0.3, -0.25) is 0 Å². The van der Waals surface area contributed by atoms with Gasteiger partial charge in [0.25, 0.3) is 0 Å². The van der Waals surface area contributed by atoms with Crippen molar-refractivity contribution < 1.29 is 7.53 Å². The van der Waals surface area contributed by atoms with Crippen molar-refractivity contribution >= 4 is 37.6 Å². The molecule has 0 fully saturated rings. The molecule has 0 saturated carbocycles. The summed E-state index contributed by atoms with van der Waals surface area (Å²) in [5.74, 6) is 2.01. The summed E-state index contributed by atoms with van der Waals surface area (Å²) in [4.78, 5) is 0. The molecule has 0 N–H and O–H groups in total. The minimum absolute atomic E-state index is 0.928. The maximum absolute atomic E-state index is 6.36. The molecule has 0 saturated heterocycles. The quantitative estimate of drug-likeness (QED) is 0.319. The SMILES string of the molecule is Cc1cc(C)c([O][Ge]([CH2]I)[O]c2c(C)cc(C)cc2C)c(C)c1. The van der Waals surface area contributed by atoms with Crippen LogP contribution < -0.4 is 7.53 Å².